The van der Waals surface area contributed by atoms with Gasteiger partial charge in [-0.15, -0.1) is 0 Å². The van der Waals surface area contributed by atoms with Crippen molar-refractivity contribution in [3.8, 4) is 6.07 Å². The van der Waals surface area contributed by atoms with E-state index in [1.807, 2.05) is 5.32 Å². The van der Waals surface area contributed by atoms with Crippen LogP contribution in [0.3, 0.4) is 0 Å². The van der Waals surface area contributed by atoms with Crippen molar-refractivity contribution < 1.29 is 18.4 Å². The van der Waals surface area contributed by atoms with E-state index in [2.05, 4.69) is 5.73 Å². The van der Waals surface area contributed by atoms with E-state index in [4.69, 9.17) is 5.26 Å². The minimum atomic E-state index is -2.69. The third-order valence-electron chi connectivity index (χ3n) is 2.18. The standard InChI is InChI=1S/C11H11F2N3O2S/c1-2-16-9(17)6-19-10(16)3-7(4-14)11(18)15-5-8(12)13/h8H,2,5-6H2,1H3,(H,15,18). The molecule has 1 fully saturated rings. The van der Waals surface area contributed by atoms with E-state index in [9.17, 15) is 18.4 Å². The summed E-state index contributed by atoms with van der Waals surface area (Å²) in [5.74, 6) is -0.848. The Bertz CT molecular complexity index is 493. The first-order valence-electron chi connectivity index (χ1n) is 5.40. The van der Waals surface area contributed by atoms with Gasteiger partial charge in [-0.05, 0) is 6.92 Å². The summed E-state index contributed by atoms with van der Waals surface area (Å²) >= 11 is 1.15. The summed E-state index contributed by atoms with van der Waals surface area (Å²) in [6, 6.07) is 1.59. The molecule has 1 rings (SSSR count). The van der Waals surface area contributed by atoms with Gasteiger partial charge in [-0.1, -0.05) is 17.5 Å². The van der Waals surface area contributed by atoms with Crippen LogP contribution < -0.4 is 5.32 Å². The van der Waals surface area contributed by atoms with Gasteiger partial charge in [0.1, 0.15) is 11.1 Å². The van der Waals surface area contributed by atoms with E-state index in [-0.39, 0.29) is 11.7 Å². The van der Waals surface area contributed by atoms with Crippen molar-refractivity contribution in [2.75, 3.05) is 18.8 Å². The molecule has 0 atom stereocenters. The summed E-state index contributed by atoms with van der Waals surface area (Å²) in [4.78, 5) is 24.3. The summed E-state index contributed by atoms with van der Waals surface area (Å²) in [6.45, 7) is 1.31. The maximum absolute atomic E-state index is 11.9. The van der Waals surface area contributed by atoms with Gasteiger partial charge >= 0.3 is 0 Å². The Morgan fingerprint density at radius 1 is 1.63 bits per heavy atom. The van der Waals surface area contributed by atoms with Crippen molar-refractivity contribution in [2.45, 2.75) is 13.3 Å². The molecule has 0 aromatic carbocycles. The maximum atomic E-state index is 11.9. The van der Waals surface area contributed by atoms with Crippen LogP contribution in [0.2, 0.25) is 0 Å². The molecule has 19 heavy (non-hydrogen) atoms. The van der Waals surface area contributed by atoms with Crippen LogP contribution in [0.5, 0.6) is 0 Å². The molecule has 1 heterocycles. The summed E-state index contributed by atoms with van der Waals surface area (Å²) in [5.41, 5.74) is 2.08. The third-order valence-corrected chi connectivity index (χ3v) is 3.17. The molecular weight excluding hydrogens is 276 g/mol. The molecule has 0 unspecified atom stereocenters. The number of halogens is 2. The van der Waals surface area contributed by atoms with Crippen LogP contribution in [0.1, 0.15) is 6.92 Å². The normalized spacial score (nSPS) is 14.4. The first kappa shape index (κ1) is 15.2. The van der Waals surface area contributed by atoms with Crippen molar-refractivity contribution >= 4 is 23.6 Å². The molecule has 1 aliphatic rings. The highest BCUT2D eigenvalue weighted by molar-refractivity contribution is 8.04. The second kappa shape index (κ2) is 6.92. The molecule has 0 bridgehead atoms. The molecule has 0 aromatic heterocycles. The average Bonchev–Trinajstić information content (AvgIpc) is 2.73. The van der Waals surface area contributed by atoms with E-state index >= 15 is 0 Å². The molecule has 5 nitrogen and oxygen atoms in total. The zero-order valence-corrected chi connectivity index (χ0v) is 10.9. The zero-order valence-electron chi connectivity index (χ0n) is 10.1. The van der Waals surface area contributed by atoms with Gasteiger partial charge in [0.25, 0.3) is 12.3 Å². The van der Waals surface area contributed by atoms with Gasteiger partial charge < -0.3 is 5.32 Å². The van der Waals surface area contributed by atoms with Gasteiger partial charge in [0.15, 0.2) is 5.57 Å². The number of alkyl halides is 2. The Kier molecular flexibility index (Phi) is 5.55. The van der Waals surface area contributed by atoms with Crippen LogP contribution in [-0.2, 0) is 9.59 Å². The fraction of sp³-hybridized carbons (Fsp3) is 0.455. The molecule has 0 aliphatic carbocycles. The van der Waals surface area contributed by atoms with Crippen LogP contribution in [0.15, 0.2) is 16.3 Å². The third kappa shape index (κ3) is 4.09. The molecule has 1 saturated heterocycles. The molecule has 0 aromatic rings. The van der Waals surface area contributed by atoms with Crippen LogP contribution >= 0.6 is 11.8 Å². The molecule has 2 amide bonds. The lowest BCUT2D eigenvalue weighted by molar-refractivity contribution is -0.125. The molecule has 8 heteroatoms. The van der Waals surface area contributed by atoms with Crippen molar-refractivity contribution in [1.82, 2.24) is 10.2 Å². The SMILES string of the molecule is CCN1C(=O)CSC1=C=C(C#N)C(=O)NCC(F)F. The number of nitrogens with zero attached hydrogens (tertiary/aromatic N) is 2. The van der Waals surface area contributed by atoms with E-state index in [1.54, 1.807) is 13.0 Å². The van der Waals surface area contributed by atoms with Crippen molar-refractivity contribution in [2.24, 2.45) is 0 Å². The Morgan fingerprint density at radius 2 is 2.32 bits per heavy atom. The number of carbonyl (C=O) groups is 2. The van der Waals surface area contributed by atoms with Crippen LogP contribution in [0, 0.1) is 11.3 Å². The molecular formula is C11H11F2N3O2S. The highest BCUT2D eigenvalue weighted by Crippen LogP contribution is 2.27. The number of nitriles is 1. The first-order chi connectivity index (χ1) is 8.99. The van der Waals surface area contributed by atoms with Gasteiger partial charge in [0.05, 0.1) is 12.3 Å². The molecule has 0 saturated carbocycles. The number of thioether (sulfide) groups is 1. The number of carbonyl (C=O) groups excluding carboxylic acids is 2. The summed E-state index contributed by atoms with van der Waals surface area (Å²) in [5, 5.41) is 11.1. The second-order valence-corrected chi connectivity index (χ2v) is 4.41. The van der Waals surface area contributed by atoms with Crippen LogP contribution in [-0.4, -0.2) is 42.0 Å². The van der Waals surface area contributed by atoms with Crippen molar-refractivity contribution in [3.63, 3.8) is 0 Å². The van der Waals surface area contributed by atoms with Gasteiger partial charge in [0.2, 0.25) is 5.91 Å². The van der Waals surface area contributed by atoms with Gasteiger partial charge in [-0.25, -0.2) is 8.78 Å². The summed E-state index contributed by atoms with van der Waals surface area (Å²) < 4.78 is 23.9. The number of hydrogen-bond donors (Lipinski definition) is 1. The topological polar surface area (TPSA) is 73.2 Å². The van der Waals surface area contributed by atoms with E-state index in [0.717, 1.165) is 11.8 Å². The predicted molar refractivity (Wildman–Crippen MR) is 65.0 cm³/mol. The second-order valence-electron chi connectivity index (χ2n) is 3.44. The van der Waals surface area contributed by atoms with Crippen LogP contribution in [0.25, 0.3) is 0 Å². The fourth-order valence-electron chi connectivity index (χ4n) is 1.32. The Hall–Kier alpha value is -1.84. The predicted octanol–water partition coefficient (Wildman–Crippen LogP) is 0.853. The summed E-state index contributed by atoms with van der Waals surface area (Å²) in [7, 11) is 0. The quantitative estimate of drug-likeness (QED) is 0.473. The molecule has 1 N–H and O–H groups in total. The van der Waals surface area contributed by atoms with Crippen molar-refractivity contribution in [1.29, 1.82) is 5.26 Å². The average molecular weight is 287 g/mol. The Labute approximate surface area is 112 Å². The number of rotatable bonds is 4. The van der Waals surface area contributed by atoms with Gasteiger partial charge in [-0.2, -0.15) is 5.26 Å². The number of amides is 2. The lowest BCUT2D eigenvalue weighted by Gasteiger charge is -2.11. The highest BCUT2D eigenvalue weighted by atomic mass is 32.2. The number of nitrogens with one attached hydrogen (secondary N) is 1. The highest BCUT2D eigenvalue weighted by Gasteiger charge is 2.25. The lowest BCUT2D eigenvalue weighted by atomic mass is 10.3. The maximum Gasteiger partial charge on any atom is 0.270 e. The molecule has 0 spiro atoms. The fourth-order valence-corrected chi connectivity index (χ4v) is 2.30. The monoisotopic (exact) mass is 287 g/mol. The van der Waals surface area contributed by atoms with E-state index in [1.165, 1.54) is 4.90 Å². The molecule has 0 radical (unpaired) electrons. The minimum absolute atomic E-state index is 0.139. The molecule has 102 valence electrons. The Morgan fingerprint density at radius 3 is 2.84 bits per heavy atom. The summed E-state index contributed by atoms with van der Waals surface area (Å²) in [6.07, 6.45) is -2.69. The smallest absolute Gasteiger partial charge is 0.270 e. The van der Waals surface area contributed by atoms with Gasteiger partial charge in [-0.3, -0.25) is 14.5 Å². The van der Waals surface area contributed by atoms with Gasteiger partial charge in [0, 0.05) is 6.54 Å². The van der Waals surface area contributed by atoms with Crippen LogP contribution in [0.4, 0.5) is 8.78 Å². The molecule has 1 aliphatic heterocycles. The zero-order chi connectivity index (χ0) is 14.4. The Balaban J connectivity index is 2.95. The number of hydrogen-bond acceptors (Lipinski definition) is 4. The first-order valence-corrected chi connectivity index (χ1v) is 6.38. The lowest BCUT2D eigenvalue weighted by Crippen LogP contribution is -2.29. The van der Waals surface area contributed by atoms with Crippen molar-refractivity contribution in [3.05, 3.63) is 16.3 Å². The largest absolute Gasteiger partial charge is 0.345 e. The van der Waals surface area contributed by atoms with E-state index in [0.29, 0.717) is 11.6 Å². The minimum Gasteiger partial charge on any atom is -0.345 e. The van der Waals surface area contributed by atoms with E-state index < -0.39 is 24.5 Å².